The third-order valence-electron chi connectivity index (χ3n) is 2.08. The Morgan fingerprint density at radius 2 is 2.08 bits per heavy atom. The van der Waals surface area contributed by atoms with Crippen LogP contribution in [0.15, 0.2) is 0 Å². The molecule has 0 aromatic rings. The van der Waals surface area contributed by atoms with Gasteiger partial charge in [-0.2, -0.15) is 0 Å². The Kier molecular flexibility index (Phi) is 5.72. The molecule has 2 unspecified atom stereocenters. The molecule has 3 heteroatoms. The second-order valence-corrected chi connectivity index (χ2v) is 2.99. The van der Waals surface area contributed by atoms with E-state index < -0.39 is 0 Å². The molecule has 0 aliphatic rings. The minimum atomic E-state index is -0.182. The van der Waals surface area contributed by atoms with Crippen LogP contribution in [0.1, 0.15) is 33.1 Å². The zero-order chi connectivity index (χ0) is 9.56. The van der Waals surface area contributed by atoms with Crippen molar-refractivity contribution in [2.24, 2.45) is 11.7 Å². The molecule has 0 heterocycles. The summed E-state index contributed by atoms with van der Waals surface area (Å²) in [7, 11) is 1.41. The summed E-state index contributed by atoms with van der Waals surface area (Å²) < 4.78 is 4.65. The summed E-state index contributed by atoms with van der Waals surface area (Å²) in [5, 5.41) is 0. The van der Waals surface area contributed by atoms with Crippen LogP contribution in [0.4, 0.5) is 0 Å². The second kappa shape index (κ2) is 6.00. The van der Waals surface area contributed by atoms with Gasteiger partial charge in [0.1, 0.15) is 0 Å². The highest BCUT2D eigenvalue weighted by molar-refractivity contribution is 5.73. The summed E-state index contributed by atoms with van der Waals surface area (Å²) in [6.45, 7) is 4.01. The van der Waals surface area contributed by atoms with Gasteiger partial charge in [-0.1, -0.05) is 20.3 Å². The smallest absolute Gasteiger partial charge is 0.310 e. The Balaban J connectivity index is 4.03. The number of methoxy groups -OCH3 is 1. The normalized spacial score (nSPS) is 15.3. The van der Waals surface area contributed by atoms with Gasteiger partial charge in [-0.15, -0.1) is 0 Å². The standard InChI is InChI=1S/C9H19NO2/c1-4-6-8(10)7(5-2)9(11)12-3/h7-8H,4-6,10H2,1-3H3. The Labute approximate surface area is 74.3 Å². The topological polar surface area (TPSA) is 52.3 Å². The molecule has 0 aromatic carbocycles. The lowest BCUT2D eigenvalue weighted by molar-refractivity contribution is -0.146. The first-order valence-electron chi connectivity index (χ1n) is 4.50. The molecule has 0 amide bonds. The van der Waals surface area contributed by atoms with Crippen molar-refractivity contribution in [1.29, 1.82) is 0 Å². The lowest BCUT2D eigenvalue weighted by atomic mass is 9.94. The van der Waals surface area contributed by atoms with Gasteiger partial charge in [0, 0.05) is 6.04 Å². The van der Waals surface area contributed by atoms with Crippen LogP contribution in [0.2, 0.25) is 0 Å². The average molecular weight is 173 g/mol. The number of hydrogen-bond acceptors (Lipinski definition) is 3. The molecular formula is C9H19NO2. The first kappa shape index (κ1) is 11.4. The lowest BCUT2D eigenvalue weighted by Gasteiger charge is -2.19. The zero-order valence-electron chi connectivity index (χ0n) is 8.17. The van der Waals surface area contributed by atoms with E-state index >= 15 is 0 Å². The van der Waals surface area contributed by atoms with Crippen molar-refractivity contribution in [1.82, 2.24) is 0 Å². The first-order chi connectivity index (χ1) is 5.67. The Bertz CT molecular complexity index is 136. The average Bonchev–Trinajstić information content (AvgIpc) is 2.06. The van der Waals surface area contributed by atoms with Gasteiger partial charge in [-0.05, 0) is 12.8 Å². The summed E-state index contributed by atoms with van der Waals surface area (Å²) >= 11 is 0. The molecule has 0 aliphatic carbocycles. The largest absolute Gasteiger partial charge is 0.469 e. The lowest BCUT2D eigenvalue weighted by Crippen LogP contribution is -2.35. The van der Waals surface area contributed by atoms with Gasteiger partial charge in [0.2, 0.25) is 0 Å². The van der Waals surface area contributed by atoms with Crippen molar-refractivity contribution >= 4 is 5.97 Å². The Morgan fingerprint density at radius 3 is 2.42 bits per heavy atom. The number of nitrogens with two attached hydrogens (primary N) is 1. The molecule has 72 valence electrons. The van der Waals surface area contributed by atoms with E-state index in [1.807, 2.05) is 6.92 Å². The summed E-state index contributed by atoms with van der Waals surface area (Å²) in [4.78, 5) is 11.2. The molecule has 2 atom stereocenters. The highest BCUT2D eigenvalue weighted by Gasteiger charge is 2.23. The molecule has 12 heavy (non-hydrogen) atoms. The van der Waals surface area contributed by atoms with E-state index in [4.69, 9.17) is 5.73 Å². The van der Waals surface area contributed by atoms with Gasteiger partial charge in [0.05, 0.1) is 13.0 Å². The number of ether oxygens (including phenoxy) is 1. The fraction of sp³-hybridized carbons (Fsp3) is 0.889. The number of rotatable bonds is 5. The molecule has 0 saturated heterocycles. The predicted octanol–water partition coefficient (Wildman–Crippen LogP) is 1.31. The SMILES string of the molecule is CCCC(N)C(CC)C(=O)OC. The summed E-state index contributed by atoms with van der Waals surface area (Å²) in [6, 6.07) is -0.0487. The molecule has 0 aliphatic heterocycles. The Morgan fingerprint density at radius 1 is 1.50 bits per heavy atom. The molecule has 0 radical (unpaired) electrons. The number of carbonyl (C=O) groups excluding carboxylic acids is 1. The van der Waals surface area contributed by atoms with Crippen LogP contribution in [-0.4, -0.2) is 19.1 Å². The van der Waals surface area contributed by atoms with E-state index in [-0.39, 0.29) is 17.9 Å². The molecule has 0 spiro atoms. The van der Waals surface area contributed by atoms with Crippen LogP contribution in [0, 0.1) is 5.92 Å². The summed E-state index contributed by atoms with van der Waals surface area (Å²) in [6.07, 6.45) is 2.65. The van der Waals surface area contributed by atoms with Gasteiger partial charge < -0.3 is 10.5 Å². The minimum absolute atomic E-state index is 0.0487. The molecule has 0 aromatic heterocycles. The quantitative estimate of drug-likeness (QED) is 0.638. The van der Waals surface area contributed by atoms with Gasteiger partial charge >= 0.3 is 5.97 Å². The third-order valence-corrected chi connectivity index (χ3v) is 2.08. The molecule has 0 bridgehead atoms. The van der Waals surface area contributed by atoms with E-state index in [1.54, 1.807) is 0 Å². The highest BCUT2D eigenvalue weighted by atomic mass is 16.5. The molecule has 0 rings (SSSR count). The maximum Gasteiger partial charge on any atom is 0.310 e. The van der Waals surface area contributed by atoms with Crippen LogP contribution >= 0.6 is 0 Å². The van der Waals surface area contributed by atoms with E-state index in [9.17, 15) is 4.79 Å². The minimum Gasteiger partial charge on any atom is -0.469 e. The van der Waals surface area contributed by atoms with Gasteiger partial charge in [-0.3, -0.25) is 4.79 Å². The maximum atomic E-state index is 11.2. The van der Waals surface area contributed by atoms with Crippen molar-refractivity contribution in [3.05, 3.63) is 0 Å². The van der Waals surface area contributed by atoms with Crippen molar-refractivity contribution in [3.63, 3.8) is 0 Å². The molecule has 3 nitrogen and oxygen atoms in total. The monoisotopic (exact) mass is 173 g/mol. The van der Waals surface area contributed by atoms with Crippen molar-refractivity contribution in [3.8, 4) is 0 Å². The van der Waals surface area contributed by atoms with Crippen LogP contribution in [0.3, 0.4) is 0 Å². The van der Waals surface area contributed by atoms with E-state index in [0.29, 0.717) is 0 Å². The number of esters is 1. The fourth-order valence-electron chi connectivity index (χ4n) is 1.33. The van der Waals surface area contributed by atoms with E-state index in [2.05, 4.69) is 11.7 Å². The first-order valence-corrected chi connectivity index (χ1v) is 4.50. The molecular weight excluding hydrogens is 154 g/mol. The van der Waals surface area contributed by atoms with Gasteiger partial charge in [-0.25, -0.2) is 0 Å². The fourth-order valence-corrected chi connectivity index (χ4v) is 1.33. The number of hydrogen-bond donors (Lipinski definition) is 1. The number of carbonyl (C=O) groups is 1. The summed E-state index contributed by atoms with van der Waals surface area (Å²) in [5.41, 5.74) is 5.81. The van der Waals surface area contributed by atoms with Crippen LogP contribution in [0.5, 0.6) is 0 Å². The van der Waals surface area contributed by atoms with E-state index in [0.717, 1.165) is 19.3 Å². The van der Waals surface area contributed by atoms with Crippen molar-refractivity contribution < 1.29 is 9.53 Å². The molecule has 0 fully saturated rings. The zero-order valence-corrected chi connectivity index (χ0v) is 8.17. The molecule has 2 N–H and O–H groups in total. The second-order valence-electron chi connectivity index (χ2n) is 2.99. The highest BCUT2D eigenvalue weighted by Crippen LogP contribution is 2.12. The van der Waals surface area contributed by atoms with Crippen LogP contribution in [-0.2, 0) is 9.53 Å². The maximum absolute atomic E-state index is 11.2. The van der Waals surface area contributed by atoms with Crippen molar-refractivity contribution in [2.45, 2.75) is 39.2 Å². The van der Waals surface area contributed by atoms with Gasteiger partial charge in [0.15, 0.2) is 0 Å². The van der Waals surface area contributed by atoms with Crippen LogP contribution < -0.4 is 5.73 Å². The van der Waals surface area contributed by atoms with Crippen LogP contribution in [0.25, 0.3) is 0 Å². The van der Waals surface area contributed by atoms with E-state index in [1.165, 1.54) is 7.11 Å². The third kappa shape index (κ3) is 3.22. The van der Waals surface area contributed by atoms with Gasteiger partial charge in [0.25, 0.3) is 0 Å². The summed E-state index contributed by atoms with van der Waals surface area (Å²) in [5.74, 6) is -0.312. The molecule has 0 saturated carbocycles. The van der Waals surface area contributed by atoms with Crippen molar-refractivity contribution in [2.75, 3.05) is 7.11 Å². The predicted molar refractivity (Wildman–Crippen MR) is 48.7 cm³/mol. The Hall–Kier alpha value is -0.570.